The summed E-state index contributed by atoms with van der Waals surface area (Å²) in [5, 5.41) is 11.3. The van der Waals surface area contributed by atoms with Crippen molar-refractivity contribution in [1.29, 1.82) is 0 Å². The summed E-state index contributed by atoms with van der Waals surface area (Å²) in [6, 6.07) is 13.3. The minimum atomic E-state index is -0.143. The average molecular weight is 334 g/mol. The van der Waals surface area contributed by atoms with Crippen molar-refractivity contribution in [3.05, 3.63) is 58.6 Å². The van der Waals surface area contributed by atoms with Gasteiger partial charge in [-0.15, -0.1) is 10.2 Å². The van der Waals surface area contributed by atoms with Crippen molar-refractivity contribution in [3.8, 4) is 11.7 Å². The van der Waals surface area contributed by atoms with E-state index < -0.39 is 0 Å². The van der Waals surface area contributed by atoms with Crippen LogP contribution in [0.4, 0.5) is 0 Å². The Kier molecular flexibility index (Phi) is 3.66. The van der Waals surface area contributed by atoms with Crippen LogP contribution in [0.1, 0.15) is 17.5 Å². The average Bonchev–Trinajstić information content (AvgIpc) is 3.10. The minimum absolute atomic E-state index is 0.143. The molecule has 0 aliphatic carbocycles. The van der Waals surface area contributed by atoms with Crippen LogP contribution in [0.2, 0.25) is 0 Å². The highest BCUT2D eigenvalue weighted by Crippen LogP contribution is 2.27. The molecular weight excluding hydrogens is 322 g/mol. The molecule has 1 N–H and O–H groups in total. The standard InChI is InChI=1S/C14H12BrN3O2/c1-16-12(9-5-3-2-4-6-9)14-18-17-13(20-14)10-7-8-11(15)19-10/h2-8,12,16H,1H3. The second-order valence-corrected chi connectivity index (χ2v) is 4.96. The maximum absolute atomic E-state index is 5.69. The number of rotatable bonds is 4. The van der Waals surface area contributed by atoms with Crippen molar-refractivity contribution < 1.29 is 8.83 Å². The van der Waals surface area contributed by atoms with Crippen LogP contribution >= 0.6 is 15.9 Å². The Morgan fingerprint density at radius 3 is 2.50 bits per heavy atom. The summed E-state index contributed by atoms with van der Waals surface area (Å²) in [5.74, 6) is 1.40. The highest BCUT2D eigenvalue weighted by molar-refractivity contribution is 9.10. The summed E-state index contributed by atoms with van der Waals surface area (Å²) in [7, 11) is 1.85. The molecule has 1 atom stereocenters. The van der Waals surface area contributed by atoms with E-state index in [0.29, 0.717) is 22.2 Å². The fourth-order valence-corrected chi connectivity index (χ4v) is 2.26. The zero-order valence-electron chi connectivity index (χ0n) is 10.7. The number of nitrogens with one attached hydrogen (secondary N) is 1. The quantitative estimate of drug-likeness (QED) is 0.792. The Labute approximate surface area is 124 Å². The highest BCUT2D eigenvalue weighted by atomic mass is 79.9. The first-order valence-electron chi connectivity index (χ1n) is 6.09. The smallest absolute Gasteiger partial charge is 0.283 e. The van der Waals surface area contributed by atoms with Gasteiger partial charge in [-0.3, -0.25) is 0 Å². The predicted molar refractivity (Wildman–Crippen MR) is 77.0 cm³/mol. The fraction of sp³-hybridized carbons (Fsp3) is 0.143. The van der Waals surface area contributed by atoms with Crippen molar-refractivity contribution in [1.82, 2.24) is 15.5 Å². The molecule has 0 fully saturated rings. The molecule has 2 heterocycles. The molecule has 0 saturated carbocycles. The van der Waals surface area contributed by atoms with Crippen LogP contribution in [0.25, 0.3) is 11.7 Å². The maximum Gasteiger partial charge on any atom is 0.283 e. The van der Waals surface area contributed by atoms with Crippen molar-refractivity contribution in [2.45, 2.75) is 6.04 Å². The van der Waals surface area contributed by atoms with E-state index in [1.54, 1.807) is 12.1 Å². The third kappa shape index (κ3) is 2.52. The zero-order chi connectivity index (χ0) is 13.9. The van der Waals surface area contributed by atoms with Crippen molar-refractivity contribution in [2.24, 2.45) is 0 Å². The van der Waals surface area contributed by atoms with Gasteiger partial charge in [-0.1, -0.05) is 30.3 Å². The second-order valence-electron chi connectivity index (χ2n) is 4.18. The van der Waals surface area contributed by atoms with Gasteiger partial charge in [0.05, 0.1) is 0 Å². The lowest BCUT2D eigenvalue weighted by atomic mass is 10.1. The first kappa shape index (κ1) is 13.1. The van der Waals surface area contributed by atoms with Crippen molar-refractivity contribution >= 4 is 15.9 Å². The third-order valence-electron chi connectivity index (χ3n) is 2.89. The molecule has 20 heavy (non-hydrogen) atoms. The third-order valence-corrected chi connectivity index (χ3v) is 3.32. The van der Waals surface area contributed by atoms with Crippen LogP contribution in [0.5, 0.6) is 0 Å². The summed E-state index contributed by atoms with van der Waals surface area (Å²) in [6.07, 6.45) is 0. The first-order chi connectivity index (χ1) is 9.78. The summed E-state index contributed by atoms with van der Waals surface area (Å²) >= 11 is 3.25. The zero-order valence-corrected chi connectivity index (χ0v) is 12.3. The van der Waals surface area contributed by atoms with Gasteiger partial charge in [-0.25, -0.2) is 0 Å². The first-order valence-corrected chi connectivity index (χ1v) is 6.88. The van der Waals surface area contributed by atoms with E-state index in [-0.39, 0.29) is 6.04 Å². The van der Waals surface area contributed by atoms with E-state index in [9.17, 15) is 0 Å². The van der Waals surface area contributed by atoms with Gasteiger partial charge in [0.1, 0.15) is 6.04 Å². The lowest BCUT2D eigenvalue weighted by Gasteiger charge is -2.11. The fourth-order valence-electron chi connectivity index (χ4n) is 1.96. The van der Waals surface area contributed by atoms with Crippen LogP contribution in [0, 0.1) is 0 Å². The molecule has 0 amide bonds. The minimum Gasteiger partial charge on any atom is -0.444 e. The number of hydrogen-bond acceptors (Lipinski definition) is 5. The largest absolute Gasteiger partial charge is 0.444 e. The molecular formula is C14H12BrN3O2. The van der Waals surface area contributed by atoms with Crippen LogP contribution in [-0.2, 0) is 0 Å². The molecule has 0 saturated heterocycles. The van der Waals surface area contributed by atoms with E-state index in [2.05, 4.69) is 31.4 Å². The van der Waals surface area contributed by atoms with Crippen molar-refractivity contribution in [2.75, 3.05) is 7.05 Å². The Morgan fingerprint density at radius 2 is 1.85 bits per heavy atom. The summed E-state index contributed by atoms with van der Waals surface area (Å²) in [6.45, 7) is 0. The van der Waals surface area contributed by atoms with Crippen LogP contribution in [0.15, 0.2) is 56.0 Å². The van der Waals surface area contributed by atoms with Gasteiger partial charge >= 0.3 is 0 Å². The normalized spacial score (nSPS) is 12.5. The maximum atomic E-state index is 5.69. The molecule has 3 aromatic rings. The highest BCUT2D eigenvalue weighted by Gasteiger charge is 2.20. The summed E-state index contributed by atoms with van der Waals surface area (Å²) in [4.78, 5) is 0. The molecule has 0 bridgehead atoms. The number of furan rings is 1. The Morgan fingerprint density at radius 1 is 1.05 bits per heavy atom. The van der Waals surface area contributed by atoms with Gasteiger partial charge in [-0.2, -0.15) is 0 Å². The molecule has 0 radical (unpaired) electrons. The number of aromatic nitrogens is 2. The number of benzene rings is 1. The molecule has 6 heteroatoms. The number of hydrogen-bond donors (Lipinski definition) is 1. The molecule has 102 valence electrons. The topological polar surface area (TPSA) is 64.1 Å². The summed E-state index contributed by atoms with van der Waals surface area (Å²) < 4.78 is 11.7. The number of nitrogens with zero attached hydrogens (tertiary/aromatic N) is 2. The molecule has 5 nitrogen and oxygen atoms in total. The van der Waals surface area contributed by atoms with Crippen molar-refractivity contribution in [3.63, 3.8) is 0 Å². The number of halogens is 1. The molecule has 2 aromatic heterocycles. The van der Waals surface area contributed by atoms with Gasteiger partial charge in [0.2, 0.25) is 5.89 Å². The van der Waals surface area contributed by atoms with Crippen LogP contribution < -0.4 is 5.32 Å². The van der Waals surface area contributed by atoms with E-state index >= 15 is 0 Å². The lowest BCUT2D eigenvalue weighted by molar-refractivity contribution is 0.440. The van der Waals surface area contributed by atoms with Gasteiger partial charge in [0.25, 0.3) is 5.89 Å². The van der Waals surface area contributed by atoms with Gasteiger partial charge < -0.3 is 14.2 Å². The molecule has 0 aliphatic heterocycles. The van der Waals surface area contributed by atoms with Gasteiger partial charge in [-0.05, 0) is 40.7 Å². The van der Waals surface area contributed by atoms with E-state index in [0.717, 1.165) is 5.56 Å². The van der Waals surface area contributed by atoms with E-state index in [1.807, 2.05) is 37.4 Å². The van der Waals surface area contributed by atoms with E-state index in [4.69, 9.17) is 8.83 Å². The SMILES string of the molecule is CNC(c1ccccc1)c1nnc(-c2ccc(Br)o2)o1. The Bertz CT molecular complexity index is 693. The molecule has 1 unspecified atom stereocenters. The van der Waals surface area contributed by atoms with Crippen LogP contribution in [0.3, 0.4) is 0 Å². The molecule has 0 spiro atoms. The predicted octanol–water partition coefficient (Wildman–Crippen LogP) is 3.40. The second kappa shape index (κ2) is 5.60. The lowest BCUT2D eigenvalue weighted by Crippen LogP contribution is -2.17. The molecule has 1 aromatic carbocycles. The van der Waals surface area contributed by atoms with Gasteiger partial charge in [0, 0.05) is 0 Å². The molecule has 0 aliphatic rings. The van der Waals surface area contributed by atoms with Crippen LogP contribution in [-0.4, -0.2) is 17.2 Å². The Hall–Kier alpha value is -1.92. The van der Waals surface area contributed by atoms with Gasteiger partial charge in [0.15, 0.2) is 10.4 Å². The molecule has 3 rings (SSSR count). The monoisotopic (exact) mass is 333 g/mol. The Balaban J connectivity index is 1.92. The summed E-state index contributed by atoms with van der Waals surface area (Å²) in [5.41, 5.74) is 1.06. The van der Waals surface area contributed by atoms with E-state index in [1.165, 1.54) is 0 Å².